The Morgan fingerprint density at radius 2 is 1.76 bits per heavy atom. The number of anilines is 1. The summed E-state index contributed by atoms with van der Waals surface area (Å²) < 4.78 is 27.2. The van der Waals surface area contributed by atoms with E-state index in [9.17, 15) is 13.2 Å². The van der Waals surface area contributed by atoms with Crippen molar-refractivity contribution in [2.24, 2.45) is 0 Å². The summed E-state index contributed by atoms with van der Waals surface area (Å²) in [7, 11) is -3.51. The van der Waals surface area contributed by atoms with E-state index < -0.39 is 10.0 Å². The lowest BCUT2D eigenvalue weighted by molar-refractivity contribution is -0.118. The number of amides is 1. The molecule has 2 N–H and O–H groups in total. The Hall–Kier alpha value is -2.68. The summed E-state index contributed by atoms with van der Waals surface area (Å²) in [5, 5.41) is 4.10. The number of H-pyrrole nitrogens is 1. The molecule has 2 fully saturated rings. The molecule has 5 rings (SSSR count). The van der Waals surface area contributed by atoms with Crippen LogP contribution in [-0.4, -0.2) is 54.7 Å². The Bertz CT molecular complexity index is 1210. The number of carbonyl (C=O) groups excluding carboxylic acids is 1. The molecule has 1 amide bonds. The fourth-order valence-corrected chi connectivity index (χ4v) is 6.57. The lowest BCUT2D eigenvalue weighted by Crippen LogP contribution is -2.39. The van der Waals surface area contributed by atoms with Crippen LogP contribution in [0.5, 0.6) is 0 Å². The molecule has 3 aromatic rings. The minimum Gasteiger partial charge on any atom is -0.357 e. The van der Waals surface area contributed by atoms with Gasteiger partial charge in [0.2, 0.25) is 15.9 Å². The average molecular weight is 467 g/mol. The van der Waals surface area contributed by atoms with Crippen LogP contribution < -0.4 is 5.32 Å². The normalized spacial score (nSPS) is 20.3. The lowest BCUT2D eigenvalue weighted by atomic mass is 9.99. The quantitative estimate of drug-likeness (QED) is 0.572. The molecule has 0 saturated carbocycles. The van der Waals surface area contributed by atoms with E-state index in [4.69, 9.17) is 0 Å². The summed E-state index contributed by atoms with van der Waals surface area (Å²) in [5.41, 5.74) is 2.76. The van der Waals surface area contributed by atoms with Gasteiger partial charge in [-0.2, -0.15) is 4.31 Å². The molecule has 174 valence electrons. The van der Waals surface area contributed by atoms with Crippen LogP contribution in [0.3, 0.4) is 0 Å². The number of fused-ring (bicyclic) bond motifs is 1. The maximum absolute atomic E-state index is 12.9. The predicted octanol–water partition coefficient (Wildman–Crippen LogP) is 4.12. The van der Waals surface area contributed by atoms with Gasteiger partial charge in [0.25, 0.3) is 0 Å². The Balaban J connectivity index is 1.29. The third-order valence-electron chi connectivity index (χ3n) is 6.69. The van der Waals surface area contributed by atoms with Crippen molar-refractivity contribution in [1.82, 2.24) is 14.2 Å². The number of sulfonamides is 1. The largest absolute Gasteiger partial charge is 0.357 e. The van der Waals surface area contributed by atoms with Gasteiger partial charge in [0, 0.05) is 30.0 Å². The van der Waals surface area contributed by atoms with E-state index >= 15 is 0 Å². The predicted molar refractivity (Wildman–Crippen MR) is 130 cm³/mol. The first kappa shape index (κ1) is 22.1. The number of aromatic nitrogens is 1. The Labute approximate surface area is 194 Å². The van der Waals surface area contributed by atoms with E-state index in [1.807, 2.05) is 12.1 Å². The highest BCUT2D eigenvalue weighted by molar-refractivity contribution is 7.89. The molecule has 1 aromatic heterocycles. The minimum absolute atomic E-state index is 0.131. The zero-order chi connectivity index (χ0) is 22.8. The molecule has 1 atom stereocenters. The van der Waals surface area contributed by atoms with Crippen molar-refractivity contribution in [3.8, 4) is 0 Å². The van der Waals surface area contributed by atoms with Crippen LogP contribution in [-0.2, 0) is 14.8 Å². The van der Waals surface area contributed by atoms with Crippen molar-refractivity contribution in [2.75, 3.05) is 31.5 Å². The first-order chi connectivity index (χ1) is 16.0. The number of carbonyl (C=O) groups is 1. The molecule has 0 radical (unpaired) electrons. The highest BCUT2D eigenvalue weighted by Gasteiger charge is 2.29. The molecule has 0 bridgehead atoms. The second kappa shape index (κ2) is 9.29. The number of nitrogens with zero attached hydrogens (tertiary/aromatic N) is 2. The van der Waals surface area contributed by atoms with E-state index in [2.05, 4.69) is 33.4 Å². The third-order valence-corrected chi connectivity index (χ3v) is 8.59. The van der Waals surface area contributed by atoms with Gasteiger partial charge in [0.05, 0.1) is 17.5 Å². The molecular formula is C25H30N4O3S. The van der Waals surface area contributed by atoms with Gasteiger partial charge >= 0.3 is 0 Å². The topological polar surface area (TPSA) is 85.5 Å². The van der Waals surface area contributed by atoms with Gasteiger partial charge in [0.1, 0.15) is 0 Å². The van der Waals surface area contributed by atoms with Crippen molar-refractivity contribution in [3.05, 3.63) is 60.3 Å². The summed E-state index contributed by atoms with van der Waals surface area (Å²) >= 11 is 0. The molecule has 2 saturated heterocycles. The number of rotatable bonds is 6. The molecule has 8 heteroatoms. The molecule has 2 aliphatic heterocycles. The Morgan fingerprint density at radius 1 is 0.970 bits per heavy atom. The third kappa shape index (κ3) is 4.69. The van der Waals surface area contributed by atoms with Crippen LogP contribution in [0.1, 0.15) is 43.8 Å². The lowest BCUT2D eigenvalue weighted by Gasteiger charge is -2.34. The van der Waals surface area contributed by atoms with Crippen molar-refractivity contribution < 1.29 is 13.2 Å². The molecular weight excluding hydrogens is 436 g/mol. The number of aromatic amines is 1. The summed E-state index contributed by atoms with van der Waals surface area (Å²) in [4.78, 5) is 18.9. The summed E-state index contributed by atoms with van der Waals surface area (Å²) in [5.74, 6) is -0.131. The zero-order valence-electron chi connectivity index (χ0n) is 18.7. The van der Waals surface area contributed by atoms with Crippen molar-refractivity contribution in [3.63, 3.8) is 0 Å². The summed E-state index contributed by atoms with van der Waals surface area (Å²) in [6, 6.07) is 17.2. The second-order valence-corrected chi connectivity index (χ2v) is 10.9. The van der Waals surface area contributed by atoms with E-state index in [0.29, 0.717) is 18.8 Å². The number of para-hydroxylation sites is 1. The smallest absolute Gasteiger partial charge is 0.243 e. The Kier molecular flexibility index (Phi) is 6.23. The molecule has 0 aliphatic carbocycles. The van der Waals surface area contributed by atoms with Gasteiger partial charge < -0.3 is 10.3 Å². The second-order valence-electron chi connectivity index (χ2n) is 8.98. The monoisotopic (exact) mass is 466 g/mol. The first-order valence-electron chi connectivity index (χ1n) is 11.7. The molecule has 0 spiro atoms. The van der Waals surface area contributed by atoms with Crippen LogP contribution >= 0.6 is 0 Å². The van der Waals surface area contributed by atoms with Crippen molar-refractivity contribution in [2.45, 2.75) is 43.0 Å². The highest BCUT2D eigenvalue weighted by atomic mass is 32.2. The van der Waals surface area contributed by atoms with Gasteiger partial charge in [0.15, 0.2) is 0 Å². The maximum atomic E-state index is 12.9. The zero-order valence-corrected chi connectivity index (χ0v) is 19.5. The van der Waals surface area contributed by atoms with Crippen molar-refractivity contribution in [1.29, 1.82) is 0 Å². The molecule has 2 aliphatic rings. The van der Waals surface area contributed by atoms with E-state index in [1.54, 1.807) is 24.3 Å². The van der Waals surface area contributed by atoms with Gasteiger partial charge in [-0.05, 0) is 67.9 Å². The van der Waals surface area contributed by atoms with Crippen LogP contribution in [0.4, 0.5) is 5.69 Å². The fourth-order valence-electron chi connectivity index (χ4n) is 5.00. The van der Waals surface area contributed by atoms with Crippen LogP contribution in [0.25, 0.3) is 10.9 Å². The molecule has 1 unspecified atom stereocenters. The number of likely N-dealkylation sites (tertiary alicyclic amines) is 1. The van der Waals surface area contributed by atoms with E-state index in [0.717, 1.165) is 49.9 Å². The van der Waals surface area contributed by atoms with Gasteiger partial charge in [-0.25, -0.2) is 8.42 Å². The summed E-state index contributed by atoms with van der Waals surface area (Å²) in [6.07, 6.45) is 4.98. The van der Waals surface area contributed by atoms with E-state index in [-0.39, 0.29) is 23.4 Å². The molecule has 33 heavy (non-hydrogen) atoms. The van der Waals surface area contributed by atoms with Crippen molar-refractivity contribution >= 4 is 32.5 Å². The minimum atomic E-state index is -3.51. The number of hydrogen-bond donors (Lipinski definition) is 2. The van der Waals surface area contributed by atoms with Gasteiger partial charge in [-0.15, -0.1) is 0 Å². The van der Waals surface area contributed by atoms with Gasteiger partial charge in [-0.3, -0.25) is 9.69 Å². The Morgan fingerprint density at radius 3 is 2.58 bits per heavy atom. The average Bonchev–Trinajstić information content (AvgIpc) is 3.50. The first-order valence-corrected chi connectivity index (χ1v) is 13.2. The van der Waals surface area contributed by atoms with Gasteiger partial charge in [-0.1, -0.05) is 30.7 Å². The summed E-state index contributed by atoms with van der Waals surface area (Å²) in [6.45, 7) is 2.24. The number of nitrogens with one attached hydrogen (secondary N) is 2. The molecule has 2 aromatic carbocycles. The van der Waals surface area contributed by atoms with E-state index in [1.165, 1.54) is 9.69 Å². The number of piperidine rings is 1. The number of hydrogen-bond acceptors (Lipinski definition) is 4. The maximum Gasteiger partial charge on any atom is 0.243 e. The SMILES string of the molecule is O=C(CN1CCCCC1c1cc2ccccc2[nH]1)Nc1cccc(S(=O)(=O)N2CCCC2)c1. The highest BCUT2D eigenvalue weighted by Crippen LogP contribution is 2.32. The molecule has 3 heterocycles. The standard InChI is InChI=1S/C25H30N4O3S/c30-25(26-20-9-7-10-21(17-20)33(31,32)29-14-5-6-15-29)18-28-13-4-3-12-24(28)23-16-19-8-1-2-11-22(19)27-23/h1-2,7-11,16-17,24,27H,3-6,12-15,18H2,(H,26,30). The fraction of sp³-hybridized carbons (Fsp3) is 0.400. The van der Waals surface area contributed by atoms with Crippen LogP contribution in [0.2, 0.25) is 0 Å². The molecule has 7 nitrogen and oxygen atoms in total. The van der Waals surface area contributed by atoms with Crippen LogP contribution in [0, 0.1) is 0 Å². The van der Waals surface area contributed by atoms with Crippen LogP contribution in [0.15, 0.2) is 59.5 Å². The number of benzene rings is 2.